The van der Waals surface area contributed by atoms with Crippen molar-refractivity contribution in [3.63, 3.8) is 0 Å². The van der Waals surface area contributed by atoms with E-state index >= 15 is 0 Å². The van der Waals surface area contributed by atoms with Gasteiger partial charge in [-0.25, -0.2) is 4.79 Å². The molecular weight excluding hydrogens is 458 g/mol. The highest BCUT2D eigenvalue weighted by Crippen LogP contribution is 2.27. The maximum Gasteiger partial charge on any atom is 0.413 e. The number of carbonyl (C=O) groups excluding carboxylic acids is 2. The van der Waals surface area contributed by atoms with Gasteiger partial charge in [0.15, 0.2) is 5.84 Å². The predicted octanol–water partition coefficient (Wildman–Crippen LogP) is 5.20. The molecule has 0 aliphatic heterocycles. The molecule has 34 heavy (non-hydrogen) atoms. The fraction of sp³-hybridized carbons (Fsp3) is 0.560. The number of amides is 1. The molecule has 2 rings (SSSR count). The van der Waals surface area contributed by atoms with E-state index in [4.69, 9.17) is 25.8 Å². The highest BCUT2D eigenvalue weighted by atomic mass is 35.5. The molecular formula is C25H36ClN3O5. The van der Waals surface area contributed by atoms with Gasteiger partial charge in [0.25, 0.3) is 0 Å². The van der Waals surface area contributed by atoms with E-state index in [0.717, 1.165) is 11.3 Å². The van der Waals surface area contributed by atoms with Crippen LogP contribution in [0.25, 0.3) is 0 Å². The molecule has 0 atom stereocenters. The molecule has 0 aromatic heterocycles. The smallest absolute Gasteiger partial charge is 0.413 e. The molecule has 1 aliphatic carbocycles. The van der Waals surface area contributed by atoms with Crippen LogP contribution in [-0.4, -0.2) is 37.2 Å². The van der Waals surface area contributed by atoms with Gasteiger partial charge in [0.2, 0.25) is 0 Å². The van der Waals surface area contributed by atoms with E-state index in [1.54, 1.807) is 25.1 Å². The maximum absolute atomic E-state index is 12.4. The van der Waals surface area contributed by atoms with Crippen LogP contribution in [-0.2, 0) is 20.8 Å². The van der Waals surface area contributed by atoms with Crippen LogP contribution in [0.5, 0.6) is 5.75 Å². The number of hydrogen-bond acceptors (Lipinski definition) is 7. The van der Waals surface area contributed by atoms with E-state index in [2.05, 4.69) is 29.7 Å². The summed E-state index contributed by atoms with van der Waals surface area (Å²) >= 11 is 6.14. The lowest BCUT2D eigenvalue weighted by atomic mass is 9.87. The molecule has 0 saturated heterocycles. The third kappa shape index (κ3) is 9.63. The summed E-state index contributed by atoms with van der Waals surface area (Å²) < 4.78 is 16.5. The largest absolute Gasteiger partial charge is 0.493 e. The van der Waals surface area contributed by atoms with Crippen molar-refractivity contribution >= 4 is 29.5 Å². The first-order valence-corrected chi connectivity index (χ1v) is 12.2. The summed E-state index contributed by atoms with van der Waals surface area (Å²) in [4.78, 5) is 24.3. The number of hydrogen-bond donors (Lipinski definition) is 2. The Kier molecular flexibility index (Phi) is 11.7. The minimum atomic E-state index is -0.582. The third-order valence-electron chi connectivity index (χ3n) is 5.19. The average molecular weight is 494 g/mol. The fourth-order valence-electron chi connectivity index (χ4n) is 3.52. The van der Waals surface area contributed by atoms with Crippen molar-refractivity contribution < 1.29 is 23.8 Å². The van der Waals surface area contributed by atoms with Crippen LogP contribution in [0.15, 0.2) is 35.5 Å². The summed E-state index contributed by atoms with van der Waals surface area (Å²) in [6, 6.07) is 5.45. The zero-order valence-electron chi connectivity index (χ0n) is 20.4. The molecule has 2 N–H and O–H groups in total. The Morgan fingerprint density at radius 3 is 2.62 bits per heavy atom. The first-order chi connectivity index (χ1) is 16.3. The average Bonchev–Trinajstić information content (AvgIpc) is 2.79. The van der Waals surface area contributed by atoms with Crippen LogP contribution in [0, 0.1) is 11.8 Å². The first kappa shape index (κ1) is 27.5. The highest BCUT2D eigenvalue weighted by molar-refractivity contribution is 6.30. The van der Waals surface area contributed by atoms with Crippen LogP contribution >= 0.6 is 11.6 Å². The van der Waals surface area contributed by atoms with E-state index in [0.29, 0.717) is 62.2 Å². The number of rotatable bonds is 10. The maximum atomic E-state index is 12.4. The molecule has 0 bridgehead atoms. The zero-order valence-corrected chi connectivity index (χ0v) is 21.2. The predicted molar refractivity (Wildman–Crippen MR) is 133 cm³/mol. The number of nitrogens with one attached hydrogen (secondary N) is 2. The van der Waals surface area contributed by atoms with Gasteiger partial charge in [-0.05, 0) is 69.7 Å². The monoisotopic (exact) mass is 493 g/mol. The van der Waals surface area contributed by atoms with E-state index in [-0.39, 0.29) is 18.0 Å². The molecule has 1 aliphatic rings. The summed E-state index contributed by atoms with van der Waals surface area (Å²) in [5.74, 6) is 1.16. The highest BCUT2D eigenvalue weighted by Gasteiger charge is 2.29. The Labute approximate surface area is 207 Å². The molecule has 0 unspecified atom stereocenters. The van der Waals surface area contributed by atoms with Gasteiger partial charge in [-0.15, -0.1) is 0 Å². The number of hydrazone groups is 1. The molecule has 1 saturated carbocycles. The van der Waals surface area contributed by atoms with E-state index in [1.807, 2.05) is 19.1 Å². The quantitative estimate of drug-likeness (QED) is 0.201. The minimum absolute atomic E-state index is 0.117. The molecule has 0 radical (unpaired) electrons. The molecule has 9 heteroatoms. The molecule has 1 fully saturated rings. The van der Waals surface area contributed by atoms with Gasteiger partial charge in [0.05, 0.1) is 25.7 Å². The third-order valence-corrected chi connectivity index (χ3v) is 5.42. The molecule has 0 spiro atoms. The van der Waals surface area contributed by atoms with Crippen molar-refractivity contribution in [2.75, 3.05) is 13.2 Å². The van der Waals surface area contributed by atoms with Gasteiger partial charge < -0.3 is 19.6 Å². The molecule has 1 aromatic rings. The van der Waals surface area contributed by atoms with E-state index in [9.17, 15) is 9.59 Å². The van der Waals surface area contributed by atoms with Crippen molar-refractivity contribution in [1.82, 2.24) is 10.7 Å². The van der Waals surface area contributed by atoms with Crippen molar-refractivity contribution in [3.8, 4) is 5.75 Å². The Hall–Kier alpha value is -2.74. The van der Waals surface area contributed by atoms with Crippen LogP contribution in [0.2, 0.25) is 5.02 Å². The van der Waals surface area contributed by atoms with Gasteiger partial charge in [-0.1, -0.05) is 31.5 Å². The number of halogens is 1. The normalized spacial score (nSPS) is 18.6. The van der Waals surface area contributed by atoms with Gasteiger partial charge in [-0.3, -0.25) is 10.1 Å². The lowest BCUT2D eigenvalue weighted by molar-refractivity contribution is -0.149. The number of allylic oxidation sites excluding steroid dienone is 1. The SMILES string of the molecule is C/C=C/C(=N\NCc1cc(Cl)ccc1OCC(C)C)NC(=O)OC1CCC(C(=O)OCC)CC1. The number of alkyl carbamates (subject to hydrolysis) is 1. The second-order valence-corrected chi connectivity index (χ2v) is 8.98. The van der Waals surface area contributed by atoms with E-state index < -0.39 is 6.09 Å². The van der Waals surface area contributed by atoms with Crippen LogP contribution in [0.1, 0.15) is 58.9 Å². The molecule has 8 nitrogen and oxygen atoms in total. The van der Waals surface area contributed by atoms with Crippen molar-refractivity contribution in [3.05, 3.63) is 40.9 Å². The molecule has 0 heterocycles. The van der Waals surface area contributed by atoms with Crippen molar-refractivity contribution in [2.24, 2.45) is 16.9 Å². The number of benzene rings is 1. The van der Waals surface area contributed by atoms with Gasteiger partial charge in [0.1, 0.15) is 11.9 Å². The van der Waals surface area contributed by atoms with Gasteiger partial charge in [0, 0.05) is 10.6 Å². The number of ether oxygens (including phenoxy) is 3. The summed E-state index contributed by atoms with van der Waals surface area (Å²) in [6.07, 6.45) is 5.16. The molecule has 1 aromatic carbocycles. The van der Waals surface area contributed by atoms with Crippen LogP contribution in [0.4, 0.5) is 4.79 Å². The van der Waals surface area contributed by atoms with E-state index in [1.165, 1.54) is 0 Å². The Morgan fingerprint density at radius 1 is 1.24 bits per heavy atom. The Balaban J connectivity index is 1.88. The minimum Gasteiger partial charge on any atom is -0.493 e. The van der Waals surface area contributed by atoms with Gasteiger partial charge >= 0.3 is 12.1 Å². The second-order valence-electron chi connectivity index (χ2n) is 8.54. The summed E-state index contributed by atoms with van der Waals surface area (Å²) in [6.45, 7) is 9.12. The Morgan fingerprint density at radius 2 is 1.97 bits per heavy atom. The molecule has 188 valence electrons. The lowest BCUT2D eigenvalue weighted by Gasteiger charge is -2.26. The summed E-state index contributed by atoms with van der Waals surface area (Å²) in [5, 5.41) is 7.54. The number of nitrogens with zero attached hydrogens (tertiary/aromatic N) is 1. The van der Waals surface area contributed by atoms with Crippen molar-refractivity contribution in [2.45, 2.75) is 66.0 Å². The topological polar surface area (TPSA) is 98.3 Å². The Bertz CT molecular complexity index is 864. The van der Waals surface area contributed by atoms with Crippen LogP contribution in [0.3, 0.4) is 0 Å². The fourth-order valence-corrected chi connectivity index (χ4v) is 3.71. The first-order valence-electron chi connectivity index (χ1n) is 11.8. The van der Waals surface area contributed by atoms with Crippen molar-refractivity contribution in [1.29, 1.82) is 0 Å². The number of esters is 1. The molecule has 1 amide bonds. The van der Waals surface area contributed by atoms with Crippen LogP contribution < -0.4 is 15.5 Å². The second kappa shape index (κ2) is 14.5. The standard InChI is InChI=1S/C25H36ClN3O5/c1-5-7-23(28-25(31)34-21-11-8-18(9-12-21)24(30)32-6-2)29-27-15-19-14-20(26)10-13-22(19)33-16-17(3)4/h5,7,10,13-14,17-18,21,27H,6,8-9,11-12,15-16H2,1-4H3,(H,28,29,31)/b7-5+. The zero-order chi connectivity index (χ0) is 24.9. The summed E-state index contributed by atoms with van der Waals surface area (Å²) in [5.41, 5.74) is 3.82. The summed E-state index contributed by atoms with van der Waals surface area (Å²) in [7, 11) is 0. The number of amidine groups is 1. The lowest BCUT2D eigenvalue weighted by Crippen LogP contribution is -2.36. The number of carbonyl (C=O) groups is 2. The van der Waals surface area contributed by atoms with Gasteiger partial charge in [-0.2, -0.15) is 5.10 Å².